The van der Waals surface area contributed by atoms with Crippen LogP contribution in [0.5, 0.6) is 0 Å². The van der Waals surface area contributed by atoms with Gasteiger partial charge in [0.15, 0.2) is 0 Å². The van der Waals surface area contributed by atoms with E-state index >= 15 is 0 Å². The predicted octanol–water partition coefficient (Wildman–Crippen LogP) is 4.11. The van der Waals surface area contributed by atoms with Gasteiger partial charge in [-0.1, -0.05) is 47.6 Å². The van der Waals surface area contributed by atoms with Crippen molar-refractivity contribution in [2.45, 2.75) is 18.7 Å². The van der Waals surface area contributed by atoms with Crippen molar-refractivity contribution < 1.29 is 9.21 Å². The average Bonchev–Trinajstić information content (AvgIpc) is 3.09. The van der Waals surface area contributed by atoms with Gasteiger partial charge in [-0.25, -0.2) is 0 Å². The van der Waals surface area contributed by atoms with E-state index in [-0.39, 0.29) is 11.7 Å². The fraction of sp³-hybridized carbons (Fsp3) is 0.167. The highest BCUT2D eigenvalue weighted by molar-refractivity contribution is 7.99. The molecule has 3 aromatic rings. The molecule has 0 saturated carbocycles. The largest absolute Gasteiger partial charge is 0.411 e. The molecule has 0 bridgehead atoms. The lowest BCUT2D eigenvalue weighted by Crippen LogP contribution is -2.24. The molecule has 0 spiro atoms. The fourth-order valence-electron chi connectivity index (χ4n) is 2.16. The number of nitrogens with one attached hydrogen (secondary N) is 1. The first kappa shape index (κ1) is 17.5. The highest BCUT2D eigenvalue weighted by Crippen LogP contribution is 2.24. The van der Waals surface area contributed by atoms with Gasteiger partial charge in [-0.15, -0.1) is 10.2 Å². The predicted molar refractivity (Wildman–Crippen MR) is 98.5 cm³/mol. The molecule has 0 unspecified atom stereocenters. The van der Waals surface area contributed by atoms with Crippen LogP contribution in [0.3, 0.4) is 0 Å². The molecule has 1 aromatic heterocycles. The SMILES string of the molecule is Cc1ccccc1CNC(=O)CSc1nnc(-c2ccc(Cl)cc2)o1. The van der Waals surface area contributed by atoms with Gasteiger partial charge in [0.05, 0.1) is 5.75 Å². The molecule has 1 N–H and O–H groups in total. The molecule has 0 aliphatic carbocycles. The summed E-state index contributed by atoms with van der Waals surface area (Å²) in [5.41, 5.74) is 3.04. The molecule has 25 heavy (non-hydrogen) atoms. The van der Waals surface area contributed by atoms with Gasteiger partial charge in [0, 0.05) is 17.1 Å². The summed E-state index contributed by atoms with van der Waals surface area (Å²) in [5.74, 6) is 0.535. The molecule has 2 aromatic carbocycles. The van der Waals surface area contributed by atoms with Crippen LogP contribution in [0.1, 0.15) is 11.1 Å². The van der Waals surface area contributed by atoms with E-state index in [1.165, 1.54) is 11.8 Å². The van der Waals surface area contributed by atoms with E-state index in [9.17, 15) is 4.79 Å². The standard InChI is InChI=1S/C18H16ClN3O2S/c1-12-4-2-3-5-14(12)10-20-16(23)11-25-18-22-21-17(24-18)13-6-8-15(19)9-7-13/h2-9H,10-11H2,1H3,(H,20,23). The molecule has 128 valence electrons. The van der Waals surface area contributed by atoms with E-state index in [0.29, 0.717) is 22.7 Å². The maximum Gasteiger partial charge on any atom is 0.277 e. The lowest BCUT2D eigenvalue weighted by molar-refractivity contribution is -0.118. The Morgan fingerprint density at radius 3 is 2.68 bits per heavy atom. The smallest absolute Gasteiger partial charge is 0.277 e. The molecular formula is C18H16ClN3O2S. The van der Waals surface area contributed by atoms with Crippen molar-refractivity contribution in [3.63, 3.8) is 0 Å². The Kier molecular flexibility index (Phi) is 5.73. The van der Waals surface area contributed by atoms with Crippen LogP contribution < -0.4 is 5.32 Å². The number of hydrogen-bond donors (Lipinski definition) is 1. The topological polar surface area (TPSA) is 68.0 Å². The lowest BCUT2D eigenvalue weighted by Gasteiger charge is -2.06. The molecule has 0 aliphatic rings. The summed E-state index contributed by atoms with van der Waals surface area (Å²) in [7, 11) is 0. The number of aryl methyl sites for hydroxylation is 1. The first-order chi connectivity index (χ1) is 12.1. The Labute approximate surface area is 154 Å². The molecule has 0 atom stereocenters. The summed E-state index contributed by atoms with van der Waals surface area (Å²) in [6, 6.07) is 15.1. The van der Waals surface area contributed by atoms with Crippen LogP contribution >= 0.6 is 23.4 Å². The molecule has 0 aliphatic heterocycles. The van der Waals surface area contributed by atoms with Crippen LogP contribution in [0.15, 0.2) is 58.2 Å². The summed E-state index contributed by atoms with van der Waals surface area (Å²) in [6.45, 7) is 2.53. The van der Waals surface area contributed by atoms with Gasteiger partial charge in [0.1, 0.15) is 0 Å². The van der Waals surface area contributed by atoms with E-state index in [2.05, 4.69) is 15.5 Å². The second kappa shape index (κ2) is 8.18. The second-order valence-electron chi connectivity index (χ2n) is 5.37. The number of hydrogen-bond acceptors (Lipinski definition) is 5. The van der Waals surface area contributed by atoms with E-state index in [1.807, 2.05) is 31.2 Å². The van der Waals surface area contributed by atoms with Crippen LogP contribution in [0.25, 0.3) is 11.5 Å². The third-order valence-electron chi connectivity index (χ3n) is 3.56. The van der Waals surface area contributed by atoms with E-state index in [1.54, 1.807) is 24.3 Å². The van der Waals surface area contributed by atoms with Crippen molar-refractivity contribution in [1.82, 2.24) is 15.5 Å². The Morgan fingerprint density at radius 1 is 1.16 bits per heavy atom. The zero-order valence-electron chi connectivity index (χ0n) is 13.5. The van der Waals surface area contributed by atoms with Gasteiger partial charge in [0.2, 0.25) is 11.8 Å². The number of carbonyl (C=O) groups excluding carboxylic acids is 1. The number of carbonyl (C=O) groups is 1. The van der Waals surface area contributed by atoms with Gasteiger partial charge < -0.3 is 9.73 Å². The molecule has 3 rings (SSSR count). The lowest BCUT2D eigenvalue weighted by atomic mass is 10.1. The van der Waals surface area contributed by atoms with Crippen molar-refractivity contribution in [3.05, 3.63) is 64.7 Å². The van der Waals surface area contributed by atoms with E-state index in [0.717, 1.165) is 16.7 Å². The van der Waals surface area contributed by atoms with Gasteiger partial charge in [0.25, 0.3) is 5.22 Å². The quantitative estimate of drug-likeness (QED) is 0.658. The van der Waals surface area contributed by atoms with Gasteiger partial charge >= 0.3 is 0 Å². The molecule has 0 fully saturated rings. The minimum absolute atomic E-state index is 0.0838. The van der Waals surface area contributed by atoms with Gasteiger partial charge in [-0.3, -0.25) is 4.79 Å². The Morgan fingerprint density at radius 2 is 1.92 bits per heavy atom. The maximum atomic E-state index is 12.0. The van der Waals surface area contributed by atoms with E-state index in [4.69, 9.17) is 16.0 Å². The molecular weight excluding hydrogens is 358 g/mol. The second-order valence-corrected chi connectivity index (χ2v) is 6.73. The number of halogens is 1. The number of aromatic nitrogens is 2. The summed E-state index contributed by atoms with van der Waals surface area (Å²) in [6.07, 6.45) is 0. The minimum Gasteiger partial charge on any atom is -0.411 e. The first-order valence-corrected chi connectivity index (χ1v) is 9.01. The monoisotopic (exact) mass is 373 g/mol. The number of rotatable bonds is 6. The van der Waals surface area contributed by atoms with Crippen LogP contribution in [-0.4, -0.2) is 21.9 Å². The van der Waals surface area contributed by atoms with Crippen LogP contribution in [0, 0.1) is 6.92 Å². The summed E-state index contributed by atoms with van der Waals surface area (Å²) < 4.78 is 5.56. The van der Waals surface area contributed by atoms with Crippen molar-refractivity contribution >= 4 is 29.3 Å². The van der Waals surface area contributed by atoms with Gasteiger partial charge in [-0.05, 0) is 42.3 Å². The number of benzene rings is 2. The maximum absolute atomic E-state index is 12.0. The molecule has 5 nitrogen and oxygen atoms in total. The Balaban J connectivity index is 1.51. The van der Waals surface area contributed by atoms with Crippen molar-refractivity contribution in [2.24, 2.45) is 0 Å². The van der Waals surface area contributed by atoms with E-state index < -0.39 is 0 Å². The van der Waals surface area contributed by atoms with Gasteiger partial charge in [-0.2, -0.15) is 0 Å². The summed E-state index contributed by atoms with van der Waals surface area (Å²) in [4.78, 5) is 12.0. The van der Waals surface area contributed by atoms with Crippen molar-refractivity contribution in [2.75, 3.05) is 5.75 Å². The molecule has 7 heteroatoms. The third kappa shape index (κ3) is 4.84. The highest BCUT2D eigenvalue weighted by Gasteiger charge is 2.11. The molecule has 1 amide bonds. The van der Waals surface area contributed by atoms with Crippen LogP contribution in [0.2, 0.25) is 5.02 Å². The fourth-order valence-corrected chi connectivity index (χ4v) is 2.88. The first-order valence-electron chi connectivity index (χ1n) is 7.65. The zero-order chi connectivity index (χ0) is 17.6. The summed E-state index contributed by atoms with van der Waals surface area (Å²) in [5, 5.41) is 11.8. The third-order valence-corrected chi connectivity index (χ3v) is 4.63. The summed E-state index contributed by atoms with van der Waals surface area (Å²) >= 11 is 7.07. The van der Waals surface area contributed by atoms with Crippen molar-refractivity contribution in [3.8, 4) is 11.5 Å². The number of amides is 1. The number of nitrogens with zero attached hydrogens (tertiary/aromatic N) is 2. The normalized spacial score (nSPS) is 10.6. The Hall–Kier alpha value is -2.31. The average molecular weight is 374 g/mol. The zero-order valence-corrected chi connectivity index (χ0v) is 15.1. The Bertz CT molecular complexity index is 865. The number of thioether (sulfide) groups is 1. The van der Waals surface area contributed by atoms with Crippen LogP contribution in [0.4, 0.5) is 0 Å². The molecule has 0 radical (unpaired) electrons. The van der Waals surface area contributed by atoms with Crippen LogP contribution in [-0.2, 0) is 11.3 Å². The molecule has 0 saturated heterocycles. The van der Waals surface area contributed by atoms with Crippen molar-refractivity contribution in [1.29, 1.82) is 0 Å². The minimum atomic E-state index is -0.0838. The highest BCUT2D eigenvalue weighted by atomic mass is 35.5. The molecule has 1 heterocycles.